The van der Waals surface area contributed by atoms with Gasteiger partial charge in [0.15, 0.2) is 17.2 Å². The molecule has 0 N–H and O–H groups in total. The predicted molar refractivity (Wildman–Crippen MR) is 120 cm³/mol. The third-order valence-corrected chi connectivity index (χ3v) is 4.95. The maximum Gasteiger partial charge on any atom is 0.363 e. The summed E-state index contributed by atoms with van der Waals surface area (Å²) >= 11 is 0. The number of benzene rings is 3. The summed E-state index contributed by atoms with van der Waals surface area (Å²) in [7, 11) is 1.59. The Balaban J connectivity index is 1.57. The number of cyclic esters (lactones) is 1. The van der Waals surface area contributed by atoms with Crippen LogP contribution in [-0.2, 0) is 9.53 Å². The Morgan fingerprint density at radius 2 is 1.77 bits per heavy atom. The van der Waals surface area contributed by atoms with Crippen molar-refractivity contribution in [2.75, 3.05) is 7.11 Å². The standard InChI is InChI=1S/C26H23NO4/c1-17-8-7-11-21(14-17)25-27-22(26(28)31-25)15-19-12-13-23(24(16-19)29-3)30-18(2)20-9-5-4-6-10-20/h4-16,18H,1-3H3/b22-15+. The normalized spacial score (nSPS) is 15.4. The molecule has 4 rings (SSSR count). The van der Waals surface area contributed by atoms with Crippen LogP contribution in [0.25, 0.3) is 6.08 Å². The molecule has 31 heavy (non-hydrogen) atoms. The van der Waals surface area contributed by atoms with Crippen molar-refractivity contribution in [3.05, 3.63) is 101 Å². The van der Waals surface area contributed by atoms with Crippen molar-refractivity contribution in [3.63, 3.8) is 0 Å². The van der Waals surface area contributed by atoms with Gasteiger partial charge in [-0.25, -0.2) is 9.79 Å². The molecule has 3 aromatic rings. The first-order chi connectivity index (χ1) is 15.0. The maximum absolute atomic E-state index is 12.3. The molecule has 0 aromatic heterocycles. The van der Waals surface area contributed by atoms with Crippen molar-refractivity contribution in [1.82, 2.24) is 0 Å². The van der Waals surface area contributed by atoms with Crippen molar-refractivity contribution < 1.29 is 19.0 Å². The molecule has 5 nitrogen and oxygen atoms in total. The second kappa shape index (κ2) is 8.88. The van der Waals surface area contributed by atoms with Crippen molar-refractivity contribution >= 4 is 17.9 Å². The zero-order valence-corrected chi connectivity index (χ0v) is 17.7. The molecule has 156 valence electrons. The van der Waals surface area contributed by atoms with Crippen molar-refractivity contribution in [2.45, 2.75) is 20.0 Å². The number of carbonyl (C=O) groups excluding carboxylic acids is 1. The van der Waals surface area contributed by atoms with Gasteiger partial charge in [0.1, 0.15) is 6.10 Å². The van der Waals surface area contributed by atoms with Crippen molar-refractivity contribution in [2.24, 2.45) is 4.99 Å². The fourth-order valence-electron chi connectivity index (χ4n) is 3.32. The largest absolute Gasteiger partial charge is 0.493 e. The van der Waals surface area contributed by atoms with E-state index in [-0.39, 0.29) is 11.8 Å². The quantitative estimate of drug-likeness (QED) is 0.396. The molecule has 3 aromatic carbocycles. The first-order valence-corrected chi connectivity index (χ1v) is 10.0. The molecule has 1 unspecified atom stereocenters. The van der Waals surface area contributed by atoms with Gasteiger partial charge in [-0.05, 0) is 55.3 Å². The zero-order chi connectivity index (χ0) is 21.8. The van der Waals surface area contributed by atoms with Gasteiger partial charge >= 0.3 is 5.97 Å². The van der Waals surface area contributed by atoms with Crippen LogP contribution in [0.3, 0.4) is 0 Å². The maximum atomic E-state index is 12.3. The molecule has 1 atom stereocenters. The zero-order valence-electron chi connectivity index (χ0n) is 17.7. The second-order valence-electron chi connectivity index (χ2n) is 7.29. The van der Waals surface area contributed by atoms with Gasteiger partial charge in [0.25, 0.3) is 0 Å². The molecule has 0 radical (unpaired) electrons. The Morgan fingerprint density at radius 3 is 2.52 bits per heavy atom. The number of aryl methyl sites for hydroxylation is 1. The number of esters is 1. The summed E-state index contributed by atoms with van der Waals surface area (Å²) < 4.78 is 17.0. The SMILES string of the molecule is COc1cc(/C=C2/N=C(c3cccc(C)c3)OC2=O)ccc1OC(C)c1ccccc1. The Kier molecular flexibility index (Phi) is 5.85. The highest BCUT2D eigenvalue weighted by Crippen LogP contribution is 2.33. The van der Waals surface area contributed by atoms with Crippen LogP contribution in [0, 0.1) is 6.92 Å². The monoisotopic (exact) mass is 413 g/mol. The minimum absolute atomic E-state index is 0.134. The molecule has 0 fully saturated rings. The van der Waals surface area contributed by atoms with Gasteiger partial charge in [-0.2, -0.15) is 0 Å². The van der Waals surface area contributed by atoms with E-state index < -0.39 is 5.97 Å². The molecule has 0 aliphatic carbocycles. The lowest BCUT2D eigenvalue weighted by atomic mass is 10.1. The predicted octanol–water partition coefficient (Wildman–Crippen LogP) is 5.49. The lowest BCUT2D eigenvalue weighted by molar-refractivity contribution is -0.129. The lowest BCUT2D eigenvalue weighted by Gasteiger charge is -2.17. The molecule has 0 bridgehead atoms. The summed E-state index contributed by atoms with van der Waals surface area (Å²) in [6, 6.07) is 23.1. The highest BCUT2D eigenvalue weighted by Gasteiger charge is 2.24. The number of aliphatic imine (C=N–C) groups is 1. The number of methoxy groups -OCH3 is 1. The van der Waals surface area contributed by atoms with E-state index in [0.29, 0.717) is 17.4 Å². The third kappa shape index (κ3) is 4.67. The van der Waals surface area contributed by atoms with E-state index in [2.05, 4.69) is 4.99 Å². The summed E-state index contributed by atoms with van der Waals surface area (Å²) in [5.41, 5.74) is 3.91. The molecule has 1 aliphatic rings. The number of hydrogen-bond acceptors (Lipinski definition) is 5. The van der Waals surface area contributed by atoms with Gasteiger partial charge in [-0.3, -0.25) is 0 Å². The van der Waals surface area contributed by atoms with E-state index in [9.17, 15) is 4.79 Å². The minimum Gasteiger partial charge on any atom is -0.493 e. The summed E-state index contributed by atoms with van der Waals surface area (Å²) in [6.07, 6.45) is 1.54. The average molecular weight is 413 g/mol. The van der Waals surface area contributed by atoms with Crippen LogP contribution in [0.4, 0.5) is 0 Å². The number of rotatable bonds is 6. The number of nitrogens with zero attached hydrogens (tertiary/aromatic N) is 1. The van der Waals surface area contributed by atoms with Gasteiger partial charge in [0, 0.05) is 5.56 Å². The smallest absolute Gasteiger partial charge is 0.363 e. The first kappa shape index (κ1) is 20.4. The number of carbonyl (C=O) groups is 1. The lowest BCUT2D eigenvalue weighted by Crippen LogP contribution is -2.05. The van der Waals surface area contributed by atoms with Crippen LogP contribution in [0.1, 0.15) is 35.3 Å². The van der Waals surface area contributed by atoms with Crippen LogP contribution in [-0.4, -0.2) is 19.0 Å². The minimum atomic E-state index is -0.478. The Labute approximate surface area is 181 Å². The molecule has 0 saturated heterocycles. The van der Waals surface area contributed by atoms with Gasteiger partial charge in [-0.1, -0.05) is 54.1 Å². The Bertz CT molecular complexity index is 1170. The molecular weight excluding hydrogens is 390 g/mol. The molecule has 5 heteroatoms. The third-order valence-electron chi connectivity index (χ3n) is 4.95. The molecule has 1 aliphatic heterocycles. The van der Waals surface area contributed by atoms with Gasteiger partial charge in [0.2, 0.25) is 5.90 Å². The average Bonchev–Trinajstić information content (AvgIpc) is 3.15. The Morgan fingerprint density at radius 1 is 0.968 bits per heavy atom. The fraction of sp³-hybridized carbons (Fsp3) is 0.154. The number of ether oxygens (including phenoxy) is 3. The summed E-state index contributed by atoms with van der Waals surface area (Å²) in [6.45, 7) is 3.97. The van der Waals surface area contributed by atoms with Gasteiger partial charge < -0.3 is 14.2 Å². The number of hydrogen-bond donors (Lipinski definition) is 0. The van der Waals surface area contributed by atoms with Gasteiger partial charge in [-0.15, -0.1) is 0 Å². The fourth-order valence-corrected chi connectivity index (χ4v) is 3.32. The topological polar surface area (TPSA) is 57.1 Å². The Hall–Kier alpha value is -3.86. The first-order valence-electron chi connectivity index (χ1n) is 10.0. The summed E-state index contributed by atoms with van der Waals surface area (Å²) in [5, 5.41) is 0. The van der Waals surface area contributed by atoms with E-state index in [1.54, 1.807) is 13.2 Å². The van der Waals surface area contributed by atoms with Crippen molar-refractivity contribution in [1.29, 1.82) is 0 Å². The van der Waals surface area contributed by atoms with Crippen LogP contribution in [0.15, 0.2) is 83.5 Å². The molecular formula is C26H23NO4. The molecule has 0 saturated carbocycles. The molecule has 0 amide bonds. The van der Waals surface area contributed by atoms with E-state index in [1.165, 1.54) is 0 Å². The van der Waals surface area contributed by atoms with Crippen LogP contribution < -0.4 is 9.47 Å². The van der Waals surface area contributed by atoms with Crippen molar-refractivity contribution in [3.8, 4) is 11.5 Å². The highest BCUT2D eigenvalue weighted by molar-refractivity contribution is 6.12. The summed E-state index contributed by atoms with van der Waals surface area (Å²) in [4.78, 5) is 16.7. The van der Waals surface area contributed by atoms with E-state index in [0.717, 1.165) is 22.3 Å². The van der Waals surface area contributed by atoms with E-state index >= 15 is 0 Å². The highest BCUT2D eigenvalue weighted by atomic mass is 16.6. The van der Waals surface area contributed by atoms with E-state index in [1.807, 2.05) is 86.6 Å². The second-order valence-corrected chi connectivity index (χ2v) is 7.29. The van der Waals surface area contributed by atoms with Crippen LogP contribution >= 0.6 is 0 Å². The van der Waals surface area contributed by atoms with E-state index in [4.69, 9.17) is 14.2 Å². The summed E-state index contributed by atoms with van der Waals surface area (Å²) in [5.74, 6) is 1.03. The van der Waals surface area contributed by atoms with Gasteiger partial charge in [0.05, 0.1) is 7.11 Å². The van der Waals surface area contributed by atoms with Crippen LogP contribution in [0.2, 0.25) is 0 Å². The van der Waals surface area contributed by atoms with Crippen LogP contribution in [0.5, 0.6) is 11.5 Å². The molecule has 1 heterocycles. The molecule has 0 spiro atoms.